The van der Waals surface area contributed by atoms with Crippen LogP contribution in [0.3, 0.4) is 0 Å². The van der Waals surface area contributed by atoms with E-state index in [1.165, 1.54) is 21.8 Å². The zero-order chi connectivity index (χ0) is 29.5. The number of amides is 2. The van der Waals surface area contributed by atoms with Gasteiger partial charge in [0.25, 0.3) is 11.1 Å². The molecule has 0 aliphatic rings. The minimum Gasteiger partial charge on any atom is -0.285 e. The van der Waals surface area contributed by atoms with Crippen LogP contribution in [0.25, 0.3) is 11.4 Å². The minimum atomic E-state index is -0.393. The fourth-order valence-corrected chi connectivity index (χ4v) is 4.33. The molecule has 0 fully saturated rings. The molecule has 41 heavy (non-hydrogen) atoms. The van der Waals surface area contributed by atoms with Crippen LogP contribution in [0.1, 0.15) is 41.8 Å². The molecule has 2 amide bonds. The molecule has 212 valence electrons. The third-order valence-electron chi connectivity index (χ3n) is 6.77. The van der Waals surface area contributed by atoms with Crippen molar-refractivity contribution in [3.8, 4) is 11.4 Å². The summed E-state index contributed by atoms with van der Waals surface area (Å²) in [5.74, 6) is -0.785. The van der Waals surface area contributed by atoms with Crippen molar-refractivity contribution in [3.05, 3.63) is 104 Å². The number of nitrogens with zero attached hydrogens (tertiary/aromatic N) is 6. The molecular weight excluding hydrogens is 524 g/mol. The maximum atomic E-state index is 12.9. The standard InChI is InChI=1S/C29H32N8O4/c1-20-24(28(40)36(34(20)3)22-12-7-5-8-13-22)18-30-32-26(38)16-11-17-27(39)33-31-19-25-21(2)35(4)37(29(25)41)23-14-9-6-10-15-23/h5-10,12-15,18-19H,11,16-17H2,1-4H3,(H,32,38)(H,33,39). The van der Waals surface area contributed by atoms with E-state index in [1.54, 1.807) is 37.3 Å². The first-order chi connectivity index (χ1) is 19.7. The zero-order valence-corrected chi connectivity index (χ0v) is 23.4. The van der Waals surface area contributed by atoms with Gasteiger partial charge in [-0.1, -0.05) is 36.4 Å². The number of hydrogen-bond acceptors (Lipinski definition) is 6. The fourth-order valence-electron chi connectivity index (χ4n) is 4.33. The maximum absolute atomic E-state index is 12.9. The molecular formula is C29H32N8O4. The van der Waals surface area contributed by atoms with E-state index in [9.17, 15) is 19.2 Å². The quantitative estimate of drug-likeness (QED) is 0.228. The Morgan fingerprint density at radius 3 is 1.41 bits per heavy atom. The van der Waals surface area contributed by atoms with Gasteiger partial charge in [0.2, 0.25) is 11.8 Å². The van der Waals surface area contributed by atoms with Crippen molar-refractivity contribution in [1.29, 1.82) is 0 Å². The van der Waals surface area contributed by atoms with Crippen LogP contribution in [0.4, 0.5) is 0 Å². The number of para-hydroxylation sites is 2. The summed E-state index contributed by atoms with van der Waals surface area (Å²) in [7, 11) is 3.55. The number of benzene rings is 2. The Hall–Kier alpha value is -5.26. The Morgan fingerprint density at radius 2 is 1.05 bits per heavy atom. The summed E-state index contributed by atoms with van der Waals surface area (Å²) < 4.78 is 6.50. The molecule has 0 aliphatic heterocycles. The highest BCUT2D eigenvalue weighted by Crippen LogP contribution is 2.10. The second kappa shape index (κ2) is 12.7. The lowest BCUT2D eigenvalue weighted by atomic mass is 10.2. The second-order valence-corrected chi connectivity index (χ2v) is 9.39. The number of hydrazone groups is 2. The van der Waals surface area contributed by atoms with Crippen molar-refractivity contribution in [1.82, 2.24) is 29.6 Å². The molecule has 0 atom stereocenters. The first-order valence-electron chi connectivity index (χ1n) is 13.0. The smallest absolute Gasteiger partial charge is 0.280 e. The molecule has 4 aromatic rings. The van der Waals surface area contributed by atoms with Crippen LogP contribution in [0.5, 0.6) is 0 Å². The van der Waals surface area contributed by atoms with E-state index in [1.807, 2.05) is 60.7 Å². The van der Waals surface area contributed by atoms with E-state index in [0.717, 1.165) is 11.4 Å². The summed E-state index contributed by atoms with van der Waals surface area (Å²) >= 11 is 0. The maximum Gasteiger partial charge on any atom is 0.280 e. The highest BCUT2D eigenvalue weighted by Gasteiger charge is 2.16. The topological polar surface area (TPSA) is 137 Å². The van der Waals surface area contributed by atoms with Gasteiger partial charge < -0.3 is 0 Å². The third kappa shape index (κ3) is 6.32. The monoisotopic (exact) mass is 556 g/mol. The van der Waals surface area contributed by atoms with Crippen LogP contribution in [-0.4, -0.2) is 43.0 Å². The molecule has 2 aromatic heterocycles. The molecule has 4 rings (SSSR count). The minimum absolute atomic E-state index is 0.0517. The van der Waals surface area contributed by atoms with Gasteiger partial charge in [-0.05, 0) is 44.5 Å². The van der Waals surface area contributed by atoms with Crippen LogP contribution >= 0.6 is 0 Å². The van der Waals surface area contributed by atoms with Crippen LogP contribution in [-0.2, 0) is 23.7 Å². The number of nitrogens with one attached hydrogen (secondary N) is 2. The average Bonchev–Trinajstić information content (AvgIpc) is 3.31. The van der Waals surface area contributed by atoms with Crippen molar-refractivity contribution in [2.24, 2.45) is 24.3 Å². The number of aromatic nitrogens is 4. The molecule has 0 spiro atoms. The van der Waals surface area contributed by atoms with Crippen molar-refractivity contribution >= 4 is 24.2 Å². The van der Waals surface area contributed by atoms with Gasteiger partial charge in [-0.25, -0.2) is 20.2 Å². The lowest BCUT2D eigenvalue weighted by Crippen LogP contribution is -2.22. The Kier molecular flexibility index (Phi) is 8.92. The predicted molar refractivity (Wildman–Crippen MR) is 157 cm³/mol. The van der Waals surface area contributed by atoms with E-state index < -0.39 is 11.8 Å². The molecule has 0 unspecified atom stereocenters. The molecule has 0 aliphatic carbocycles. The average molecular weight is 557 g/mol. The second-order valence-electron chi connectivity index (χ2n) is 9.39. The van der Waals surface area contributed by atoms with Crippen molar-refractivity contribution in [2.45, 2.75) is 33.1 Å². The highest BCUT2D eigenvalue weighted by atomic mass is 16.2. The molecule has 12 nitrogen and oxygen atoms in total. The lowest BCUT2D eigenvalue weighted by Gasteiger charge is -2.07. The van der Waals surface area contributed by atoms with Gasteiger partial charge in [0, 0.05) is 38.3 Å². The van der Waals surface area contributed by atoms with E-state index in [2.05, 4.69) is 21.1 Å². The van der Waals surface area contributed by atoms with Gasteiger partial charge in [0.1, 0.15) is 0 Å². The van der Waals surface area contributed by atoms with Gasteiger partial charge in [0.15, 0.2) is 0 Å². The third-order valence-corrected chi connectivity index (χ3v) is 6.77. The van der Waals surface area contributed by atoms with E-state index >= 15 is 0 Å². The van der Waals surface area contributed by atoms with Crippen molar-refractivity contribution in [3.63, 3.8) is 0 Å². The SMILES string of the molecule is Cc1c(C=NNC(=O)CCCC(=O)NN=Cc2c(C)n(C)n(-c3ccccc3)c2=O)c(=O)n(-c2ccccc2)n1C. The molecule has 2 aromatic carbocycles. The largest absolute Gasteiger partial charge is 0.285 e. The van der Waals surface area contributed by atoms with E-state index in [0.29, 0.717) is 22.5 Å². The number of rotatable bonds is 10. The van der Waals surface area contributed by atoms with Gasteiger partial charge in [-0.15, -0.1) is 0 Å². The number of carbonyl (C=O) groups is 2. The fraction of sp³-hybridized carbons (Fsp3) is 0.241. The summed E-state index contributed by atoms with van der Waals surface area (Å²) in [5, 5.41) is 7.86. The molecule has 0 saturated heterocycles. The Bertz CT molecular complexity index is 1600. The van der Waals surface area contributed by atoms with Crippen molar-refractivity contribution in [2.75, 3.05) is 0 Å². The van der Waals surface area contributed by atoms with Gasteiger partial charge >= 0.3 is 0 Å². The summed E-state index contributed by atoms with van der Waals surface area (Å²) in [5.41, 5.74) is 7.83. The van der Waals surface area contributed by atoms with Crippen molar-refractivity contribution < 1.29 is 9.59 Å². The number of hydrogen-bond donors (Lipinski definition) is 2. The summed E-state index contributed by atoms with van der Waals surface area (Å²) in [4.78, 5) is 50.2. The normalized spacial score (nSPS) is 11.4. The van der Waals surface area contributed by atoms with Crippen LogP contribution in [0.2, 0.25) is 0 Å². The van der Waals surface area contributed by atoms with Gasteiger partial charge in [-0.2, -0.15) is 10.2 Å². The molecule has 12 heteroatoms. The summed E-state index contributed by atoms with van der Waals surface area (Å²) in [6, 6.07) is 18.4. The van der Waals surface area contributed by atoms with Crippen LogP contribution in [0, 0.1) is 13.8 Å². The molecule has 2 N–H and O–H groups in total. The van der Waals surface area contributed by atoms with Gasteiger partial charge in [-0.3, -0.25) is 28.5 Å². The first-order valence-corrected chi connectivity index (χ1v) is 13.0. The summed E-state index contributed by atoms with van der Waals surface area (Å²) in [6.45, 7) is 3.59. The predicted octanol–water partition coefficient (Wildman–Crippen LogP) is 2.05. The first kappa shape index (κ1) is 28.7. The lowest BCUT2D eigenvalue weighted by molar-refractivity contribution is -0.122. The van der Waals surface area contributed by atoms with Crippen LogP contribution in [0.15, 0.2) is 80.5 Å². The summed E-state index contributed by atoms with van der Waals surface area (Å²) in [6.07, 6.45) is 3.02. The molecule has 0 radical (unpaired) electrons. The molecule has 2 heterocycles. The molecule has 0 bridgehead atoms. The van der Waals surface area contributed by atoms with E-state index in [4.69, 9.17) is 0 Å². The van der Waals surface area contributed by atoms with Gasteiger partial charge in [0.05, 0.1) is 34.9 Å². The van der Waals surface area contributed by atoms with E-state index in [-0.39, 0.29) is 30.4 Å². The number of carbonyl (C=O) groups excluding carboxylic acids is 2. The van der Waals surface area contributed by atoms with Crippen LogP contribution < -0.4 is 22.0 Å². The molecule has 0 saturated carbocycles. The Balaban J connectivity index is 1.27. The zero-order valence-electron chi connectivity index (χ0n) is 23.4. The Labute approximate surface area is 236 Å². The Morgan fingerprint density at radius 1 is 0.683 bits per heavy atom. The highest BCUT2D eigenvalue weighted by molar-refractivity contribution is 5.84.